The van der Waals surface area contributed by atoms with Crippen LogP contribution in [0.4, 0.5) is 5.69 Å². The SMILES string of the molecule is O=C(CNC(=O)c1cccc(Cl)c1)Nc1cccc(I)c1. The molecular formula is C15H12ClIN2O2. The molecule has 6 heteroatoms. The fourth-order valence-electron chi connectivity index (χ4n) is 1.66. The third-order valence-electron chi connectivity index (χ3n) is 2.60. The van der Waals surface area contributed by atoms with Gasteiger partial charge in [-0.2, -0.15) is 0 Å². The van der Waals surface area contributed by atoms with Crippen molar-refractivity contribution in [3.63, 3.8) is 0 Å². The van der Waals surface area contributed by atoms with E-state index in [1.54, 1.807) is 30.3 Å². The molecule has 4 nitrogen and oxygen atoms in total. The average Bonchev–Trinajstić information content (AvgIpc) is 2.45. The second-order valence-corrected chi connectivity index (χ2v) is 5.93. The van der Waals surface area contributed by atoms with Gasteiger partial charge in [-0.25, -0.2) is 0 Å². The van der Waals surface area contributed by atoms with Gasteiger partial charge in [0.25, 0.3) is 5.91 Å². The van der Waals surface area contributed by atoms with E-state index in [9.17, 15) is 9.59 Å². The fourth-order valence-corrected chi connectivity index (χ4v) is 2.40. The molecule has 0 bridgehead atoms. The maximum atomic E-state index is 11.9. The third kappa shape index (κ3) is 5.02. The zero-order valence-corrected chi connectivity index (χ0v) is 13.8. The first-order chi connectivity index (χ1) is 10.0. The summed E-state index contributed by atoms with van der Waals surface area (Å²) in [6, 6.07) is 14.0. The quantitative estimate of drug-likeness (QED) is 0.754. The lowest BCUT2D eigenvalue weighted by Gasteiger charge is -2.07. The number of carbonyl (C=O) groups is 2. The summed E-state index contributed by atoms with van der Waals surface area (Å²) in [6.45, 7) is -0.100. The first kappa shape index (κ1) is 15.8. The van der Waals surface area contributed by atoms with Crippen LogP contribution in [0.15, 0.2) is 48.5 Å². The monoisotopic (exact) mass is 414 g/mol. The molecule has 0 spiro atoms. The average molecular weight is 415 g/mol. The number of halogens is 2. The molecule has 0 saturated heterocycles. The highest BCUT2D eigenvalue weighted by Gasteiger charge is 2.08. The highest BCUT2D eigenvalue weighted by Crippen LogP contribution is 2.12. The predicted molar refractivity (Wildman–Crippen MR) is 91.6 cm³/mol. The van der Waals surface area contributed by atoms with Crippen molar-refractivity contribution >= 4 is 51.7 Å². The Morgan fingerprint density at radius 3 is 2.57 bits per heavy atom. The first-order valence-corrected chi connectivity index (χ1v) is 7.59. The second kappa shape index (κ2) is 7.42. The Kier molecular flexibility index (Phi) is 5.58. The molecule has 21 heavy (non-hydrogen) atoms. The normalized spacial score (nSPS) is 10.0. The minimum absolute atomic E-state index is 0.100. The maximum absolute atomic E-state index is 11.9. The van der Waals surface area contributed by atoms with E-state index < -0.39 is 0 Å². The van der Waals surface area contributed by atoms with Gasteiger partial charge in [0.15, 0.2) is 0 Å². The van der Waals surface area contributed by atoms with Crippen molar-refractivity contribution in [1.82, 2.24) is 5.32 Å². The Balaban J connectivity index is 1.88. The number of hydrogen-bond donors (Lipinski definition) is 2. The van der Waals surface area contributed by atoms with Crippen LogP contribution in [-0.4, -0.2) is 18.4 Å². The van der Waals surface area contributed by atoms with Crippen molar-refractivity contribution in [3.05, 3.63) is 62.7 Å². The Morgan fingerprint density at radius 2 is 1.86 bits per heavy atom. The van der Waals surface area contributed by atoms with Gasteiger partial charge in [0.2, 0.25) is 5.91 Å². The van der Waals surface area contributed by atoms with Crippen molar-refractivity contribution in [2.75, 3.05) is 11.9 Å². The van der Waals surface area contributed by atoms with Crippen LogP contribution < -0.4 is 10.6 Å². The largest absolute Gasteiger partial charge is 0.343 e. The van der Waals surface area contributed by atoms with Crippen LogP contribution >= 0.6 is 34.2 Å². The van der Waals surface area contributed by atoms with Crippen molar-refractivity contribution in [3.8, 4) is 0 Å². The number of benzene rings is 2. The van der Waals surface area contributed by atoms with Crippen LogP contribution in [0.5, 0.6) is 0 Å². The van der Waals surface area contributed by atoms with E-state index in [4.69, 9.17) is 11.6 Å². The van der Waals surface area contributed by atoms with Crippen LogP contribution in [-0.2, 0) is 4.79 Å². The summed E-state index contributed by atoms with van der Waals surface area (Å²) in [4.78, 5) is 23.6. The molecule has 0 aromatic heterocycles. The minimum atomic E-state index is -0.338. The van der Waals surface area contributed by atoms with Crippen LogP contribution in [0.2, 0.25) is 5.02 Å². The molecule has 0 saturated carbocycles. The minimum Gasteiger partial charge on any atom is -0.343 e. The number of amides is 2. The van der Waals surface area contributed by atoms with Crippen LogP contribution in [0.3, 0.4) is 0 Å². The van der Waals surface area contributed by atoms with Crippen LogP contribution in [0.25, 0.3) is 0 Å². The van der Waals surface area contributed by atoms with E-state index in [2.05, 4.69) is 33.2 Å². The lowest BCUT2D eigenvalue weighted by atomic mass is 10.2. The first-order valence-electron chi connectivity index (χ1n) is 6.14. The smallest absolute Gasteiger partial charge is 0.251 e. The van der Waals surface area contributed by atoms with Crippen molar-refractivity contribution in [2.45, 2.75) is 0 Å². The molecule has 0 atom stereocenters. The van der Waals surface area contributed by atoms with E-state index in [1.807, 2.05) is 18.2 Å². The number of carbonyl (C=O) groups excluding carboxylic acids is 2. The second-order valence-electron chi connectivity index (χ2n) is 4.25. The van der Waals surface area contributed by atoms with Gasteiger partial charge in [-0.05, 0) is 59.0 Å². The van der Waals surface area contributed by atoms with Gasteiger partial charge >= 0.3 is 0 Å². The maximum Gasteiger partial charge on any atom is 0.251 e. The Labute approximate surface area is 141 Å². The van der Waals surface area contributed by atoms with Crippen LogP contribution in [0.1, 0.15) is 10.4 Å². The summed E-state index contributed by atoms with van der Waals surface area (Å²) in [5.41, 5.74) is 1.12. The summed E-state index contributed by atoms with van der Waals surface area (Å²) in [5.74, 6) is -0.623. The third-order valence-corrected chi connectivity index (χ3v) is 3.51. The zero-order valence-electron chi connectivity index (χ0n) is 10.9. The summed E-state index contributed by atoms with van der Waals surface area (Å²) < 4.78 is 1.02. The lowest BCUT2D eigenvalue weighted by molar-refractivity contribution is -0.115. The van der Waals surface area contributed by atoms with Crippen LogP contribution in [0, 0.1) is 3.57 Å². The molecule has 2 N–H and O–H groups in total. The van der Waals surface area contributed by atoms with E-state index in [0.29, 0.717) is 16.3 Å². The highest BCUT2D eigenvalue weighted by atomic mass is 127. The topological polar surface area (TPSA) is 58.2 Å². The molecule has 0 aliphatic carbocycles. The molecule has 2 amide bonds. The number of hydrogen-bond acceptors (Lipinski definition) is 2. The van der Waals surface area contributed by atoms with E-state index in [1.165, 1.54) is 0 Å². The molecule has 0 aliphatic rings. The molecular weight excluding hydrogens is 403 g/mol. The molecule has 0 heterocycles. The summed E-state index contributed by atoms with van der Waals surface area (Å²) >= 11 is 7.98. The Hall–Kier alpha value is -1.60. The van der Waals surface area contributed by atoms with E-state index >= 15 is 0 Å². The van der Waals surface area contributed by atoms with Gasteiger partial charge in [-0.15, -0.1) is 0 Å². The lowest BCUT2D eigenvalue weighted by Crippen LogP contribution is -2.32. The Morgan fingerprint density at radius 1 is 1.10 bits per heavy atom. The molecule has 108 valence electrons. The van der Waals surface area contributed by atoms with Gasteiger partial charge in [0, 0.05) is 19.8 Å². The molecule has 2 aromatic carbocycles. The predicted octanol–water partition coefficient (Wildman–Crippen LogP) is 3.31. The number of nitrogens with one attached hydrogen (secondary N) is 2. The molecule has 0 aliphatic heterocycles. The van der Waals surface area contributed by atoms with Crippen molar-refractivity contribution in [2.24, 2.45) is 0 Å². The summed E-state index contributed by atoms with van der Waals surface area (Å²) in [5, 5.41) is 5.74. The van der Waals surface area contributed by atoms with Crippen molar-refractivity contribution < 1.29 is 9.59 Å². The zero-order chi connectivity index (χ0) is 15.2. The highest BCUT2D eigenvalue weighted by molar-refractivity contribution is 14.1. The number of anilines is 1. The fraction of sp³-hybridized carbons (Fsp3) is 0.0667. The molecule has 0 unspecified atom stereocenters. The summed E-state index contributed by atoms with van der Waals surface area (Å²) in [7, 11) is 0. The molecule has 0 radical (unpaired) electrons. The molecule has 0 fully saturated rings. The van der Waals surface area contributed by atoms with Gasteiger partial charge < -0.3 is 10.6 Å². The summed E-state index contributed by atoms with van der Waals surface area (Å²) in [6.07, 6.45) is 0. The van der Waals surface area contributed by atoms with Crippen molar-refractivity contribution in [1.29, 1.82) is 0 Å². The molecule has 2 aromatic rings. The van der Waals surface area contributed by atoms with Gasteiger partial charge in [-0.1, -0.05) is 23.7 Å². The van der Waals surface area contributed by atoms with E-state index in [0.717, 1.165) is 3.57 Å². The standard InChI is InChI=1S/C15H12ClIN2O2/c16-11-4-1-3-10(7-11)15(21)18-9-14(20)19-13-6-2-5-12(17)8-13/h1-8H,9H2,(H,18,21)(H,19,20). The number of rotatable bonds is 4. The molecule has 2 rings (SSSR count). The Bertz CT molecular complexity index is 676. The van der Waals surface area contributed by atoms with E-state index in [-0.39, 0.29) is 18.4 Å². The van der Waals surface area contributed by atoms with Gasteiger partial charge in [0.05, 0.1) is 6.54 Å². The van der Waals surface area contributed by atoms with Gasteiger partial charge in [-0.3, -0.25) is 9.59 Å². The van der Waals surface area contributed by atoms with Gasteiger partial charge in [0.1, 0.15) is 0 Å².